The van der Waals surface area contributed by atoms with E-state index in [9.17, 15) is 8.78 Å². The molecule has 5 heteroatoms. The lowest BCUT2D eigenvalue weighted by Gasteiger charge is -2.32. The summed E-state index contributed by atoms with van der Waals surface area (Å²) < 4.78 is 28.7. The quantitative estimate of drug-likeness (QED) is 0.708. The van der Waals surface area contributed by atoms with E-state index in [1.807, 2.05) is 25.3 Å². The number of fused-ring (bicyclic) bond motifs is 1. The third kappa shape index (κ3) is 3.16. The summed E-state index contributed by atoms with van der Waals surface area (Å²) in [5.41, 5.74) is 3.12. The fourth-order valence-corrected chi connectivity index (χ4v) is 3.84. The molecule has 3 aromatic rings. The zero-order valence-corrected chi connectivity index (χ0v) is 14.3. The van der Waals surface area contributed by atoms with Crippen LogP contribution in [0.4, 0.5) is 8.78 Å². The lowest BCUT2D eigenvalue weighted by Crippen LogP contribution is -2.34. The predicted octanol–water partition coefficient (Wildman–Crippen LogP) is 4.30. The van der Waals surface area contributed by atoms with Crippen LogP contribution in [-0.2, 0) is 6.54 Å². The van der Waals surface area contributed by atoms with Gasteiger partial charge in [0.1, 0.15) is 5.82 Å². The van der Waals surface area contributed by atoms with Gasteiger partial charge in [0.05, 0.1) is 11.2 Å². The molecule has 0 amide bonds. The van der Waals surface area contributed by atoms with E-state index in [2.05, 4.69) is 15.4 Å². The van der Waals surface area contributed by atoms with E-state index in [0.717, 1.165) is 43.0 Å². The summed E-state index contributed by atoms with van der Waals surface area (Å²) in [5.74, 6) is -0.199. The van der Waals surface area contributed by atoms with Crippen LogP contribution in [0.2, 0.25) is 0 Å². The van der Waals surface area contributed by atoms with Gasteiger partial charge in [-0.2, -0.15) is 0 Å². The van der Waals surface area contributed by atoms with Gasteiger partial charge in [-0.15, -0.1) is 0 Å². The topological polar surface area (TPSA) is 20.5 Å². The number of nitrogens with zero attached hydrogens (tertiary/aromatic N) is 3. The Morgan fingerprint density at radius 2 is 2.04 bits per heavy atom. The molecule has 4 rings (SSSR count). The first-order valence-corrected chi connectivity index (χ1v) is 8.71. The Morgan fingerprint density at radius 3 is 2.88 bits per heavy atom. The molecule has 0 bridgehead atoms. The molecule has 3 nitrogen and oxygen atoms in total. The van der Waals surface area contributed by atoms with E-state index < -0.39 is 11.6 Å². The number of hydrogen-bond acceptors (Lipinski definition) is 2. The first-order chi connectivity index (χ1) is 12.1. The Labute approximate surface area is 145 Å². The van der Waals surface area contributed by atoms with Gasteiger partial charge in [0.2, 0.25) is 0 Å². The summed E-state index contributed by atoms with van der Waals surface area (Å²) in [5, 5.41) is 0. The minimum Gasteiger partial charge on any atom is -0.304 e. The minimum atomic E-state index is -0.791. The van der Waals surface area contributed by atoms with Crippen molar-refractivity contribution in [3.63, 3.8) is 0 Å². The Bertz CT molecular complexity index is 903. The first kappa shape index (κ1) is 16.2. The highest BCUT2D eigenvalue weighted by atomic mass is 19.2. The smallest absolute Gasteiger partial charge is 0.159 e. The second-order valence-corrected chi connectivity index (χ2v) is 6.82. The maximum Gasteiger partial charge on any atom is 0.159 e. The number of hydrogen-bond donors (Lipinski definition) is 0. The number of likely N-dealkylation sites (tertiary alicyclic amines) is 1. The van der Waals surface area contributed by atoms with Gasteiger partial charge in [-0.3, -0.25) is 4.90 Å². The molecule has 25 heavy (non-hydrogen) atoms. The molecule has 2 aromatic heterocycles. The van der Waals surface area contributed by atoms with Crippen LogP contribution in [0.1, 0.15) is 35.8 Å². The number of aromatic nitrogens is 2. The van der Waals surface area contributed by atoms with Gasteiger partial charge in [0.15, 0.2) is 11.6 Å². The van der Waals surface area contributed by atoms with Crippen LogP contribution in [0, 0.1) is 18.6 Å². The van der Waals surface area contributed by atoms with Crippen molar-refractivity contribution in [1.29, 1.82) is 0 Å². The second kappa shape index (κ2) is 6.56. The summed E-state index contributed by atoms with van der Waals surface area (Å²) in [4.78, 5) is 7.12. The van der Waals surface area contributed by atoms with Crippen molar-refractivity contribution >= 4 is 5.52 Å². The Balaban J connectivity index is 1.55. The zero-order valence-electron chi connectivity index (χ0n) is 14.3. The highest BCUT2D eigenvalue weighted by Crippen LogP contribution is 2.30. The standard InChI is InChI=1S/C20H21F2N3/c1-14-23-20(19-6-2-3-10-25(14)19)16-5-4-9-24(13-16)12-15-7-8-17(21)18(22)11-15/h2-3,6-8,10-11,16H,4-5,9,12-13H2,1H3/t16-/m0/s1. The van der Waals surface area contributed by atoms with Crippen molar-refractivity contribution in [2.75, 3.05) is 13.1 Å². The number of imidazole rings is 1. The first-order valence-electron chi connectivity index (χ1n) is 8.71. The van der Waals surface area contributed by atoms with Gasteiger partial charge in [-0.05, 0) is 56.1 Å². The van der Waals surface area contributed by atoms with E-state index >= 15 is 0 Å². The van der Waals surface area contributed by atoms with E-state index in [0.29, 0.717) is 12.5 Å². The average Bonchev–Trinajstić information content (AvgIpc) is 2.96. The van der Waals surface area contributed by atoms with Crippen LogP contribution in [0.15, 0.2) is 42.6 Å². The summed E-state index contributed by atoms with van der Waals surface area (Å²) in [6, 6.07) is 10.3. The van der Waals surface area contributed by atoms with Crippen LogP contribution >= 0.6 is 0 Å². The molecular formula is C20H21F2N3. The molecule has 1 fully saturated rings. The number of halogens is 2. The van der Waals surface area contributed by atoms with Gasteiger partial charge >= 0.3 is 0 Å². The van der Waals surface area contributed by atoms with Gasteiger partial charge in [-0.25, -0.2) is 13.8 Å². The lowest BCUT2D eigenvalue weighted by molar-refractivity contribution is 0.199. The third-order valence-electron chi connectivity index (χ3n) is 5.04. The number of rotatable bonds is 3. The lowest BCUT2D eigenvalue weighted by atomic mass is 9.93. The SMILES string of the molecule is Cc1nc([C@H]2CCCN(Cc3ccc(F)c(F)c3)C2)c2ccccn12. The fraction of sp³-hybridized carbons (Fsp3) is 0.350. The van der Waals surface area contributed by atoms with E-state index in [-0.39, 0.29) is 0 Å². The van der Waals surface area contributed by atoms with Gasteiger partial charge in [0, 0.05) is 25.2 Å². The van der Waals surface area contributed by atoms with Crippen molar-refractivity contribution in [2.45, 2.75) is 32.2 Å². The van der Waals surface area contributed by atoms with E-state index in [1.165, 1.54) is 17.6 Å². The summed E-state index contributed by atoms with van der Waals surface area (Å²) in [7, 11) is 0. The van der Waals surface area contributed by atoms with Crippen molar-refractivity contribution in [3.05, 3.63) is 71.3 Å². The molecule has 0 unspecified atom stereocenters. The van der Waals surface area contributed by atoms with E-state index in [1.54, 1.807) is 6.07 Å². The molecule has 1 aliphatic heterocycles. The average molecular weight is 341 g/mol. The maximum atomic E-state index is 13.4. The number of pyridine rings is 1. The van der Waals surface area contributed by atoms with Crippen LogP contribution in [0.25, 0.3) is 5.52 Å². The van der Waals surface area contributed by atoms with Crippen molar-refractivity contribution < 1.29 is 8.78 Å². The van der Waals surface area contributed by atoms with Crippen molar-refractivity contribution in [1.82, 2.24) is 14.3 Å². The second-order valence-electron chi connectivity index (χ2n) is 6.82. The van der Waals surface area contributed by atoms with Crippen molar-refractivity contribution in [2.24, 2.45) is 0 Å². The predicted molar refractivity (Wildman–Crippen MR) is 93.5 cm³/mol. The Hall–Kier alpha value is -2.27. The largest absolute Gasteiger partial charge is 0.304 e. The van der Waals surface area contributed by atoms with Crippen LogP contribution in [0.3, 0.4) is 0 Å². The highest BCUT2D eigenvalue weighted by molar-refractivity contribution is 5.54. The molecule has 0 aliphatic carbocycles. The molecule has 1 atom stereocenters. The van der Waals surface area contributed by atoms with Gasteiger partial charge in [0.25, 0.3) is 0 Å². The highest BCUT2D eigenvalue weighted by Gasteiger charge is 2.25. The Kier molecular flexibility index (Phi) is 4.25. The molecule has 1 aliphatic rings. The Morgan fingerprint density at radius 1 is 1.16 bits per heavy atom. The molecule has 1 saturated heterocycles. The normalized spacial score (nSPS) is 18.8. The summed E-state index contributed by atoms with van der Waals surface area (Å²) in [6.07, 6.45) is 4.23. The molecule has 0 saturated carbocycles. The summed E-state index contributed by atoms with van der Waals surface area (Å²) >= 11 is 0. The zero-order chi connectivity index (χ0) is 17.4. The molecule has 1 aromatic carbocycles. The summed E-state index contributed by atoms with van der Waals surface area (Å²) in [6.45, 7) is 4.52. The fourth-order valence-electron chi connectivity index (χ4n) is 3.84. The van der Waals surface area contributed by atoms with Crippen LogP contribution in [-0.4, -0.2) is 27.4 Å². The van der Waals surface area contributed by atoms with Gasteiger partial charge < -0.3 is 4.40 Å². The molecule has 3 heterocycles. The molecule has 0 N–H and O–H groups in total. The van der Waals surface area contributed by atoms with E-state index in [4.69, 9.17) is 4.98 Å². The van der Waals surface area contributed by atoms with Crippen LogP contribution < -0.4 is 0 Å². The molecular weight excluding hydrogens is 320 g/mol. The molecule has 0 spiro atoms. The number of aryl methyl sites for hydroxylation is 1. The van der Waals surface area contributed by atoms with Crippen molar-refractivity contribution in [3.8, 4) is 0 Å². The molecule has 0 radical (unpaired) electrons. The number of benzene rings is 1. The number of piperidine rings is 1. The van der Waals surface area contributed by atoms with Gasteiger partial charge in [-0.1, -0.05) is 12.1 Å². The van der Waals surface area contributed by atoms with Crippen LogP contribution in [0.5, 0.6) is 0 Å². The third-order valence-corrected chi connectivity index (χ3v) is 5.04. The minimum absolute atomic E-state index is 0.366. The molecule has 130 valence electrons. The maximum absolute atomic E-state index is 13.4. The monoisotopic (exact) mass is 341 g/mol.